The van der Waals surface area contributed by atoms with Crippen molar-refractivity contribution in [2.24, 2.45) is 0 Å². The summed E-state index contributed by atoms with van der Waals surface area (Å²) in [6.07, 6.45) is 0. The Labute approximate surface area is 167 Å². The van der Waals surface area contributed by atoms with Gasteiger partial charge in [0, 0.05) is 63.5 Å². The third-order valence-corrected chi connectivity index (χ3v) is 6.57. The lowest BCUT2D eigenvalue weighted by atomic mass is 10.1. The summed E-state index contributed by atoms with van der Waals surface area (Å²) in [6, 6.07) is 8.18. The fourth-order valence-electron chi connectivity index (χ4n) is 4.67. The van der Waals surface area contributed by atoms with E-state index in [4.69, 9.17) is 0 Å². The van der Waals surface area contributed by atoms with Gasteiger partial charge in [0.1, 0.15) is 6.54 Å². The molecule has 4 aliphatic heterocycles. The van der Waals surface area contributed by atoms with Crippen LogP contribution in [-0.4, -0.2) is 103 Å². The Kier molecular flexibility index (Phi) is 5.55. The molecule has 0 spiro atoms. The number of rotatable bonds is 4. The van der Waals surface area contributed by atoms with Gasteiger partial charge in [0.15, 0.2) is 0 Å². The van der Waals surface area contributed by atoms with E-state index < -0.39 is 0 Å². The van der Waals surface area contributed by atoms with Crippen LogP contribution in [0.3, 0.4) is 0 Å². The summed E-state index contributed by atoms with van der Waals surface area (Å²) in [4.78, 5) is 30.9. The molecule has 4 saturated heterocycles. The first-order valence-electron chi connectivity index (χ1n) is 10.6. The molecule has 0 unspecified atom stereocenters. The highest BCUT2D eigenvalue weighted by molar-refractivity contribution is 5.94. The number of benzene rings is 1. The van der Waals surface area contributed by atoms with Crippen LogP contribution >= 0.6 is 0 Å². The molecule has 4 heterocycles. The molecule has 1 aromatic carbocycles. The molecule has 0 aromatic heterocycles. The fourth-order valence-corrected chi connectivity index (χ4v) is 4.67. The molecule has 0 aliphatic carbocycles. The van der Waals surface area contributed by atoms with Crippen molar-refractivity contribution < 1.29 is 14.1 Å². The Balaban J connectivity index is 1.32. The van der Waals surface area contributed by atoms with Crippen molar-refractivity contribution >= 4 is 11.9 Å². The molecule has 152 valence electrons. The maximum Gasteiger partial charge on any atom is 0.317 e. The molecule has 3 amide bonds. The normalized spacial score (nSPS) is 27.0. The number of piperazine rings is 4. The predicted molar refractivity (Wildman–Crippen MR) is 108 cm³/mol. The lowest BCUT2D eigenvalue weighted by Gasteiger charge is -2.50. The Morgan fingerprint density at radius 1 is 0.893 bits per heavy atom. The maximum absolute atomic E-state index is 12.8. The van der Waals surface area contributed by atoms with Gasteiger partial charge in [-0.25, -0.2) is 4.79 Å². The van der Waals surface area contributed by atoms with Crippen molar-refractivity contribution in [3.63, 3.8) is 0 Å². The van der Waals surface area contributed by atoms with Crippen LogP contribution in [0.25, 0.3) is 0 Å². The molecule has 1 N–H and O–H groups in total. The van der Waals surface area contributed by atoms with Gasteiger partial charge in [-0.05, 0) is 19.1 Å². The lowest BCUT2D eigenvalue weighted by Crippen LogP contribution is -2.66. The minimum atomic E-state index is -0.0370. The average molecular weight is 387 g/mol. The molecule has 4 aliphatic rings. The first kappa shape index (κ1) is 19.2. The van der Waals surface area contributed by atoms with Crippen molar-refractivity contribution in [3.05, 3.63) is 35.4 Å². The van der Waals surface area contributed by atoms with Gasteiger partial charge in [-0.1, -0.05) is 12.1 Å². The predicted octanol–water partition coefficient (Wildman–Crippen LogP) is 0.820. The van der Waals surface area contributed by atoms with Crippen LogP contribution in [0.15, 0.2) is 24.3 Å². The number of urea groups is 1. The second-order valence-electron chi connectivity index (χ2n) is 8.32. The van der Waals surface area contributed by atoms with E-state index in [2.05, 4.69) is 22.3 Å². The number of fused-ring (bicyclic) bond motifs is 3. The Morgan fingerprint density at radius 2 is 1.46 bits per heavy atom. The minimum Gasteiger partial charge on any atom is -0.338 e. The van der Waals surface area contributed by atoms with E-state index in [9.17, 15) is 9.59 Å². The smallest absolute Gasteiger partial charge is 0.317 e. The van der Waals surface area contributed by atoms with Crippen molar-refractivity contribution in [1.82, 2.24) is 20.0 Å². The van der Waals surface area contributed by atoms with Crippen LogP contribution in [0.5, 0.6) is 0 Å². The van der Waals surface area contributed by atoms with Gasteiger partial charge in [-0.2, -0.15) is 0 Å². The van der Waals surface area contributed by atoms with Gasteiger partial charge < -0.3 is 19.6 Å². The lowest BCUT2D eigenvalue weighted by molar-refractivity contribution is -0.953. The Morgan fingerprint density at radius 3 is 2.04 bits per heavy atom. The van der Waals surface area contributed by atoms with Crippen LogP contribution in [0.2, 0.25) is 0 Å². The van der Waals surface area contributed by atoms with Gasteiger partial charge in [-0.15, -0.1) is 0 Å². The number of amides is 3. The van der Waals surface area contributed by atoms with Crippen molar-refractivity contribution in [3.8, 4) is 0 Å². The second kappa shape index (κ2) is 8.09. The number of carbonyl (C=O) groups is 2. The van der Waals surface area contributed by atoms with E-state index in [1.54, 1.807) is 4.90 Å². The molecule has 5 rings (SSSR count). The second-order valence-corrected chi connectivity index (χ2v) is 8.32. The summed E-state index contributed by atoms with van der Waals surface area (Å²) < 4.78 is 1.20. The SMILES string of the molecule is CCNC(=O)N1CCN(C(=O)c2ccc(C[N+]34CCN(CC3)CC4)cc2)CC1. The topological polar surface area (TPSA) is 55.9 Å². The van der Waals surface area contributed by atoms with Crippen molar-refractivity contribution in [1.29, 1.82) is 0 Å². The van der Waals surface area contributed by atoms with E-state index in [-0.39, 0.29) is 11.9 Å². The van der Waals surface area contributed by atoms with Gasteiger partial charge >= 0.3 is 6.03 Å². The van der Waals surface area contributed by atoms with Crippen LogP contribution in [0, 0.1) is 0 Å². The van der Waals surface area contributed by atoms with Crippen LogP contribution in [-0.2, 0) is 6.54 Å². The van der Waals surface area contributed by atoms with Crippen LogP contribution in [0.1, 0.15) is 22.8 Å². The number of nitrogens with one attached hydrogen (secondary N) is 1. The molecule has 7 heteroatoms. The maximum atomic E-state index is 12.8. The highest BCUT2D eigenvalue weighted by Gasteiger charge is 2.38. The number of carbonyl (C=O) groups excluding carboxylic acids is 2. The van der Waals surface area contributed by atoms with Crippen molar-refractivity contribution in [2.45, 2.75) is 13.5 Å². The number of nitrogens with zero attached hydrogens (tertiary/aromatic N) is 4. The van der Waals surface area contributed by atoms with Gasteiger partial charge in [0.05, 0.1) is 19.6 Å². The molecule has 0 saturated carbocycles. The molecular weight excluding hydrogens is 354 g/mol. The number of hydrogen-bond donors (Lipinski definition) is 1. The molecule has 2 bridgehead atoms. The highest BCUT2D eigenvalue weighted by atomic mass is 16.2. The first-order chi connectivity index (χ1) is 13.6. The summed E-state index contributed by atoms with van der Waals surface area (Å²) in [5.74, 6) is 0.0701. The minimum absolute atomic E-state index is 0.0370. The quantitative estimate of drug-likeness (QED) is 0.780. The molecule has 4 fully saturated rings. The zero-order valence-corrected chi connectivity index (χ0v) is 16.9. The third-order valence-electron chi connectivity index (χ3n) is 6.57. The highest BCUT2D eigenvalue weighted by Crippen LogP contribution is 2.23. The van der Waals surface area contributed by atoms with Gasteiger partial charge in [0.2, 0.25) is 0 Å². The monoisotopic (exact) mass is 386 g/mol. The summed E-state index contributed by atoms with van der Waals surface area (Å²) in [5, 5.41) is 2.82. The Hall–Kier alpha value is -2.12. The fraction of sp³-hybridized carbons (Fsp3) is 0.619. The molecule has 0 atom stereocenters. The van der Waals surface area contributed by atoms with Crippen molar-refractivity contribution in [2.75, 3.05) is 72.0 Å². The van der Waals surface area contributed by atoms with E-state index in [0.717, 1.165) is 12.1 Å². The number of hydrogen-bond acceptors (Lipinski definition) is 3. The summed E-state index contributed by atoms with van der Waals surface area (Å²) in [7, 11) is 0. The van der Waals surface area contributed by atoms with E-state index in [0.29, 0.717) is 32.7 Å². The zero-order chi connectivity index (χ0) is 19.6. The van der Waals surface area contributed by atoms with Gasteiger partial charge in [0.25, 0.3) is 5.91 Å². The Bertz CT molecular complexity index is 690. The largest absolute Gasteiger partial charge is 0.338 e. The van der Waals surface area contributed by atoms with E-state index in [1.807, 2.05) is 24.0 Å². The summed E-state index contributed by atoms with van der Waals surface area (Å²) >= 11 is 0. The van der Waals surface area contributed by atoms with E-state index in [1.165, 1.54) is 49.3 Å². The van der Waals surface area contributed by atoms with Gasteiger partial charge in [-0.3, -0.25) is 9.69 Å². The molecular formula is C21H32N5O2+. The van der Waals surface area contributed by atoms with Crippen LogP contribution < -0.4 is 5.32 Å². The van der Waals surface area contributed by atoms with E-state index >= 15 is 0 Å². The first-order valence-corrected chi connectivity index (χ1v) is 10.6. The molecule has 1 aromatic rings. The standard InChI is InChI=1S/C21H31N5O2/c1-2-22-21(28)25-9-7-24(8-10-25)20(27)19-5-3-18(4-6-19)17-26-14-11-23(12-15-26)13-16-26/h3-6H,2,7-17H2,1H3/p+1. The number of quaternary nitrogens is 1. The molecule has 28 heavy (non-hydrogen) atoms. The van der Waals surface area contributed by atoms with Crippen LogP contribution in [0.4, 0.5) is 4.79 Å². The summed E-state index contributed by atoms with van der Waals surface area (Å²) in [5.41, 5.74) is 2.08. The zero-order valence-electron chi connectivity index (χ0n) is 16.9. The average Bonchev–Trinajstić information content (AvgIpc) is 2.75. The summed E-state index contributed by atoms with van der Waals surface area (Å²) in [6.45, 7) is 13.4. The third kappa shape index (κ3) is 4.00. The molecule has 7 nitrogen and oxygen atoms in total. The molecule has 0 radical (unpaired) electrons.